The first kappa shape index (κ1) is 18.0. The van der Waals surface area contributed by atoms with E-state index in [0.29, 0.717) is 37.2 Å². The van der Waals surface area contributed by atoms with Crippen molar-refractivity contribution in [3.05, 3.63) is 36.0 Å². The first-order valence-electron chi connectivity index (χ1n) is 8.99. The quantitative estimate of drug-likeness (QED) is 0.706. The van der Waals surface area contributed by atoms with E-state index in [0.717, 1.165) is 24.3 Å². The molecule has 0 bridgehead atoms. The van der Waals surface area contributed by atoms with Gasteiger partial charge in [0.05, 0.1) is 13.6 Å². The number of anilines is 1. The molecule has 4 rings (SSSR count). The summed E-state index contributed by atoms with van der Waals surface area (Å²) in [5.41, 5.74) is 1.57. The monoisotopic (exact) mass is 383 g/mol. The summed E-state index contributed by atoms with van der Waals surface area (Å²) < 4.78 is 4.99. The van der Waals surface area contributed by atoms with Crippen molar-refractivity contribution < 1.29 is 9.32 Å². The van der Waals surface area contributed by atoms with Gasteiger partial charge in [0.15, 0.2) is 5.82 Å². The number of hydrogen-bond donors (Lipinski definition) is 1. The lowest BCUT2D eigenvalue weighted by Crippen LogP contribution is -2.49. The van der Waals surface area contributed by atoms with Crippen LogP contribution in [0.15, 0.2) is 28.8 Å². The Morgan fingerprint density at radius 1 is 1.18 bits per heavy atom. The van der Waals surface area contributed by atoms with Gasteiger partial charge in [-0.1, -0.05) is 5.16 Å². The molecule has 0 aliphatic carbocycles. The first-order valence-corrected chi connectivity index (χ1v) is 8.99. The van der Waals surface area contributed by atoms with Crippen LogP contribution in [0.25, 0.3) is 11.4 Å². The van der Waals surface area contributed by atoms with E-state index in [9.17, 15) is 4.79 Å². The van der Waals surface area contributed by atoms with Gasteiger partial charge in [-0.05, 0) is 29.5 Å². The number of carbonyl (C=O) groups is 1. The summed E-state index contributed by atoms with van der Waals surface area (Å²) in [7, 11) is 1.72. The Hall–Kier alpha value is -3.34. The summed E-state index contributed by atoms with van der Waals surface area (Å²) in [6, 6.07) is 7.27. The van der Waals surface area contributed by atoms with Gasteiger partial charge in [-0.25, -0.2) is 4.79 Å². The fourth-order valence-corrected chi connectivity index (χ4v) is 3.02. The Bertz CT molecular complexity index is 942. The number of hydrogen-bond acceptors (Lipinski definition) is 8. The van der Waals surface area contributed by atoms with E-state index >= 15 is 0 Å². The number of urea groups is 1. The molecule has 0 saturated carbocycles. The molecule has 11 nitrogen and oxygen atoms in total. The largest absolute Gasteiger partial charge is 0.340 e. The number of aryl methyl sites for hydroxylation is 2. The average molecular weight is 383 g/mol. The van der Waals surface area contributed by atoms with E-state index in [1.165, 1.54) is 4.80 Å². The van der Waals surface area contributed by atoms with Gasteiger partial charge in [-0.2, -0.15) is 9.78 Å². The van der Waals surface area contributed by atoms with Gasteiger partial charge >= 0.3 is 6.03 Å². The Morgan fingerprint density at radius 3 is 2.54 bits per heavy atom. The number of benzene rings is 1. The van der Waals surface area contributed by atoms with Crippen LogP contribution in [0, 0.1) is 6.92 Å². The molecular formula is C17H21N9O2. The van der Waals surface area contributed by atoms with Crippen molar-refractivity contribution in [2.45, 2.75) is 13.5 Å². The van der Waals surface area contributed by atoms with Gasteiger partial charge in [0, 0.05) is 44.4 Å². The average Bonchev–Trinajstić information content (AvgIpc) is 3.31. The molecule has 1 aliphatic heterocycles. The Morgan fingerprint density at radius 2 is 1.93 bits per heavy atom. The fraction of sp³-hybridized carbons (Fsp3) is 0.412. The topological polar surface area (TPSA) is 118 Å². The predicted molar refractivity (Wildman–Crippen MR) is 99.1 cm³/mol. The molecule has 1 aliphatic rings. The van der Waals surface area contributed by atoms with E-state index in [2.05, 4.69) is 35.8 Å². The standard InChI is InChI=1S/C17H21N9O2/c1-12-18-15(22-28-12)11-25-7-9-26(10-8-25)17(27)19-14-5-3-13(4-6-14)16-20-23-24(2)21-16/h3-6H,7-11H2,1-2H3,(H,19,27). The summed E-state index contributed by atoms with van der Waals surface area (Å²) in [6.45, 7) is 5.21. The number of carbonyl (C=O) groups excluding carboxylic acids is 1. The van der Waals surface area contributed by atoms with Gasteiger partial charge in [0.1, 0.15) is 0 Å². The molecule has 0 spiro atoms. The molecule has 28 heavy (non-hydrogen) atoms. The van der Waals surface area contributed by atoms with Crippen LogP contribution in [-0.4, -0.2) is 72.4 Å². The third-order valence-corrected chi connectivity index (χ3v) is 4.50. The second-order valence-electron chi connectivity index (χ2n) is 6.60. The van der Waals surface area contributed by atoms with Gasteiger partial charge in [0.2, 0.25) is 11.7 Å². The lowest BCUT2D eigenvalue weighted by atomic mass is 10.2. The summed E-state index contributed by atoms with van der Waals surface area (Å²) in [5, 5.41) is 18.8. The highest BCUT2D eigenvalue weighted by Crippen LogP contribution is 2.17. The van der Waals surface area contributed by atoms with E-state index in [1.54, 1.807) is 18.9 Å². The van der Waals surface area contributed by atoms with E-state index in [4.69, 9.17) is 4.52 Å². The van der Waals surface area contributed by atoms with E-state index < -0.39 is 0 Å². The Balaban J connectivity index is 1.28. The van der Waals surface area contributed by atoms with Crippen LogP contribution in [0.4, 0.5) is 10.5 Å². The highest BCUT2D eigenvalue weighted by Gasteiger charge is 2.22. The molecular weight excluding hydrogens is 362 g/mol. The van der Waals surface area contributed by atoms with Crippen LogP contribution in [0.1, 0.15) is 11.7 Å². The second-order valence-corrected chi connectivity index (χ2v) is 6.60. The highest BCUT2D eigenvalue weighted by molar-refractivity contribution is 5.89. The third kappa shape index (κ3) is 4.14. The minimum atomic E-state index is -0.111. The SMILES string of the molecule is Cc1nc(CN2CCN(C(=O)Nc3ccc(-c4nnn(C)n4)cc3)CC2)no1. The van der Waals surface area contributed by atoms with Crippen LogP contribution >= 0.6 is 0 Å². The molecule has 146 valence electrons. The minimum absolute atomic E-state index is 0.111. The predicted octanol–water partition coefficient (Wildman–Crippen LogP) is 0.918. The van der Waals surface area contributed by atoms with Gasteiger partial charge in [-0.15, -0.1) is 10.2 Å². The molecule has 1 fully saturated rings. The maximum absolute atomic E-state index is 12.5. The second kappa shape index (κ2) is 7.72. The summed E-state index contributed by atoms with van der Waals surface area (Å²) in [6.07, 6.45) is 0. The molecule has 1 N–H and O–H groups in total. The zero-order valence-electron chi connectivity index (χ0n) is 15.7. The van der Waals surface area contributed by atoms with Crippen molar-refractivity contribution in [3.63, 3.8) is 0 Å². The molecule has 1 saturated heterocycles. The molecule has 11 heteroatoms. The summed E-state index contributed by atoms with van der Waals surface area (Å²) >= 11 is 0. The van der Waals surface area contributed by atoms with Crippen molar-refractivity contribution in [3.8, 4) is 11.4 Å². The Kier molecular flexibility index (Phi) is 4.98. The van der Waals surface area contributed by atoms with Crippen molar-refractivity contribution in [2.75, 3.05) is 31.5 Å². The summed E-state index contributed by atoms with van der Waals surface area (Å²) in [5.74, 6) is 1.79. The number of nitrogens with zero attached hydrogens (tertiary/aromatic N) is 8. The maximum atomic E-state index is 12.5. The molecule has 1 aromatic carbocycles. The molecule has 3 aromatic rings. The van der Waals surface area contributed by atoms with Crippen molar-refractivity contribution >= 4 is 11.7 Å². The van der Waals surface area contributed by atoms with Crippen molar-refractivity contribution in [1.29, 1.82) is 0 Å². The fourth-order valence-electron chi connectivity index (χ4n) is 3.02. The van der Waals surface area contributed by atoms with Crippen LogP contribution < -0.4 is 5.32 Å². The molecule has 0 unspecified atom stereocenters. The number of tetrazole rings is 1. The lowest BCUT2D eigenvalue weighted by molar-refractivity contribution is 0.140. The number of piperazine rings is 1. The number of rotatable bonds is 4. The number of aromatic nitrogens is 6. The van der Waals surface area contributed by atoms with E-state index in [-0.39, 0.29) is 6.03 Å². The van der Waals surface area contributed by atoms with Gasteiger partial charge in [-0.3, -0.25) is 4.90 Å². The summed E-state index contributed by atoms with van der Waals surface area (Å²) in [4.78, 5) is 22.1. The van der Waals surface area contributed by atoms with Crippen LogP contribution in [0.3, 0.4) is 0 Å². The Labute approximate surface area is 161 Å². The normalized spacial score (nSPS) is 15.0. The molecule has 2 amide bonds. The lowest BCUT2D eigenvalue weighted by Gasteiger charge is -2.34. The molecule has 2 aromatic heterocycles. The van der Waals surface area contributed by atoms with Crippen molar-refractivity contribution in [2.24, 2.45) is 7.05 Å². The molecule has 0 radical (unpaired) electrons. The van der Waals surface area contributed by atoms with Crippen LogP contribution in [-0.2, 0) is 13.6 Å². The van der Waals surface area contributed by atoms with Crippen molar-refractivity contribution in [1.82, 2.24) is 40.1 Å². The minimum Gasteiger partial charge on any atom is -0.340 e. The zero-order chi connectivity index (χ0) is 19.5. The first-order chi connectivity index (χ1) is 13.6. The van der Waals surface area contributed by atoms with Gasteiger partial charge in [0.25, 0.3) is 0 Å². The molecule has 0 atom stereocenters. The highest BCUT2D eigenvalue weighted by atomic mass is 16.5. The molecule has 3 heterocycles. The number of amides is 2. The maximum Gasteiger partial charge on any atom is 0.321 e. The number of nitrogens with one attached hydrogen (secondary N) is 1. The third-order valence-electron chi connectivity index (χ3n) is 4.50. The smallest absolute Gasteiger partial charge is 0.321 e. The van der Waals surface area contributed by atoms with Crippen LogP contribution in [0.5, 0.6) is 0 Å². The zero-order valence-corrected chi connectivity index (χ0v) is 15.7. The van der Waals surface area contributed by atoms with Gasteiger partial charge < -0.3 is 14.7 Å². The van der Waals surface area contributed by atoms with E-state index in [1.807, 2.05) is 24.3 Å². The van der Waals surface area contributed by atoms with Crippen LogP contribution in [0.2, 0.25) is 0 Å².